The highest BCUT2D eigenvalue weighted by Gasteiger charge is 2.33. The molecule has 1 aliphatic carbocycles. The summed E-state index contributed by atoms with van der Waals surface area (Å²) >= 11 is 0. The third kappa shape index (κ3) is 4.64. The quantitative estimate of drug-likeness (QED) is 0.802. The van der Waals surface area contributed by atoms with Gasteiger partial charge in [-0.05, 0) is 43.1 Å². The van der Waals surface area contributed by atoms with Crippen molar-refractivity contribution in [2.24, 2.45) is 17.6 Å². The third-order valence-electron chi connectivity index (χ3n) is 3.88. The van der Waals surface area contributed by atoms with Gasteiger partial charge in [0, 0.05) is 6.04 Å². The topological polar surface area (TPSA) is 55.1 Å². The van der Waals surface area contributed by atoms with E-state index in [9.17, 15) is 4.79 Å². The van der Waals surface area contributed by atoms with Crippen molar-refractivity contribution in [2.45, 2.75) is 51.6 Å². The fourth-order valence-corrected chi connectivity index (χ4v) is 2.61. The van der Waals surface area contributed by atoms with Crippen molar-refractivity contribution in [1.29, 1.82) is 0 Å². The van der Waals surface area contributed by atoms with Crippen LogP contribution < -0.4 is 11.1 Å². The van der Waals surface area contributed by atoms with E-state index in [4.69, 9.17) is 5.73 Å². The van der Waals surface area contributed by atoms with Crippen LogP contribution in [-0.2, 0) is 11.2 Å². The van der Waals surface area contributed by atoms with E-state index < -0.39 is 0 Å². The standard InChI is InChI=1S/C17H26N2O/c1-12(2)10-15(18)17(20)19-16(14-8-9-14)11-13-6-4-3-5-7-13/h3-7,12,14-16H,8-11,18H2,1-2H3,(H,19,20)/t15-,16?/m0/s1. The zero-order valence-electron chi connectivity index (χ0n) is 12.5. The lowest BCUT2D eigenvalue weighted by Crippen LogP contribution is -2.47. The Morgan fingerprint density at radius 1 is 1.30 bits per heavy atom. The van der Waals surface area contributed by atoms with Crippen LogP contribution in [-0.4, -0.2) is 18.0 Å². The molecule has 20 heavy (non-hydrogen) atoms. The molecular formula is C17H26N2O. The van der Waals surface area contributed by atoms with Crippen LogP contribution in [0.15, 0.2) is 30.3 Å². The Labute approximate surface area is 121 Å². The van der Waals surface area contributed by atoms with Gasteiger partial charge in [0.2, 0.25) is 5.91 Å². The second kappa shape index (κ2) is 6.89. The molecule has 0 aliphatic heterocycles. The van der Waals surface area contributed by atoms with E-state index in [2.05, 4.69) is 31.3 Å². The van der Waals surface area contributed by atoms with Gasteiger partial charge in [0.05, 0.1) is 6.04 Å². The van der Waals surface area contributed by atoms with E-state index in [1.54, 1.807) is 0 Å². The van der Waals surface area contributed by atoms with Crippen molar-refractivity contribution in [2.75, 3.05) is 0 Å². The molecule has 0 saturated heterocycles. The number of carbonyl (C=O) groups is 1. The maximum atomic E-state index is 12.2. The van der Waals surface area contributed by atoms with E-state index in [1.807, 2.05) is 18.2 Å². The molecule has 1 amide bonds. The van der Waals surface area contributed by atoms with Gasteiger partial charge in [-0.2, -0.15) is 0 Å². The van der Waals surface area contributed by atoms with Gasteiger partial charge in [-0.15, -0.1) is 0 Å². The van der Waals surface area contributed by atoms with Crippen molar-refractivity contribution < 1.29 is 4.79 Å². The van der Waals surface area contributed by atoms with Crippen molar-refractivity contribution in [1.82, 2.24) is 5.32 Å². The normalized spacial score (nSPS) is 17.8. The number of nitrogens with two attached hydrogens (primary N) is 1. The molecule has 2 atom stereocenters. The predicted octanol–water partition coefficient (Wildman–Crippen LogP) is 2.50. The monoisotopic (exact) mass is 274 g/mol. The van der Waals surface area contributed by atoms with Crippen LogP contribution in [0.2, 0.25) is 0 Å². The third-order valence-corrected chi connectivity index (χ3v) is 3.88. The first kappa shape index (κ1) is 15.0. The summed E-state index contributed by atoms with van der Waals surface area (Å²) in [6.07, 6.45) is 4.09. The van der Waals surface area contributed by atoms with E-state index in [-0.39, 0.29) is 18.0 Å². The smallest absolute Gasteiger partial charge is 0.237 e. The van der Waals surface area contributed by atoms with Crippen LogP contribution in [0.3, 0.4) is 0 Å². The summed E-state index contributed by atoms with van der Waals surface area (Å²) in [5, 5.41) is 3.17. The highest BCUT2D eigenvalue weighted by molar-refractivity contribution is 5.81. The molecule has 3 nitrogen and oxygen atoms in total. The molecule has 1 aromatic rings. The van der Waals surface area contributed by atoms with Gasteiger partial charge in [0.15, 0.2) is 0 Å². The Morgan fingerprint density at radius 2 is 1.95 bits per heavy atom. The first-order valence-electron chi connectivity index (χ1n) is 7.66. The zero-order valence-corrected chi connectivity index (χ0v) is 12.5. The second-order valence-corrected chi connectivity index (χ2v) is 6.38. The SMILES string of the molecule is CC(C)C[C@H](N)C(=O)NC(Cc1ccccc1)C1CC1. The van der Waals surface area contributed by atoms with Gasteiger partial charge < -0.3 is 11.1 Å². The molecule has 0 radical (unpaired) electrons. The maximum Gasteiger partial charge on any atom is 0.237 e. The van der Waals surface area contributed by atoms with Gasteiger partial charge in [0.1, 0.15) is 0 Å². The minimum absolute atomic E-state index is 0.00605. The van der Waals surface area contributed by atoms with Crippen LogP contribution in [0, 0.1) is 11.8 Å². The van der Waals surface area contributed by atoms with Crippen molar-refractivity contribution >= 4 is 5.91 Å². The van der Waals surface area contributed by atoms with Gasteiger partial charge >= 0.3 is 0 Å². The summed E-state index contributed by atoms with van der Waals surface area (Å²) in [7, 11) is 0. The number of carbonyl (C=O) groups excluding carboxylic acids is 1. The van der Waals surface area contributed by atoms with Crippen molar-refractivity contribution in [3.05, 3.63) is 35.9 Å². The molecule has 0 aromatic heterocycles. The Balaban J connectivity index is 1.91. The molecule has 110 valence electrons. The second-order valence-electron chi connectivity index (χ2n) is 6.38. The molecule has 1 fully saturated rings. The molecule has 0 bridgehead atoms. The molecule has 1 aromatic carbocycles. The predicted molar refractivity (Wildman–Crippen MR) is 82.2 cm³/mol. The van der Waals surface area contributed by atoms with Crippen LogP contribution >= 0.6 is 0 Å². The molecule has 3 N–H and O–H groups in total. The average Bonchev–Trinajstić information content (AvgIpc) is 3.22. The lowest BCUT2D eigenvalue weighted by atomic mass is 10.00. The molecule has 2 rings (SSSR count). The zero-order chi connectivity index (χ0) is 14.5. The van der Waals surface area contributed by atoms with Crippen LogP contribution in [0.1, 0.15) is 38.7 Å². The van der Waals surface area contributed by atoms with Gasteiger partial charge in [-0.1, -0.05) is 44.2 Å². The highest BCUT2D eigenvalue weighted by Crippen LogP contribution is 2.34. The lowest BCUT2D eigenvalue weighted by molar-refractivity contribution is -0.123. The van der Waals surface area contributed by atoms with E-state index in [0.717, 1.165) is 12.8 Å². The molecule has 1 saturated carbocycles. The summed E-state index contributed by atoms with van der Waals surface area (Å²) in [6, 6.07) is 10.2. The number of hydrogen-bond acceptors (Lipinski definition) is 2. The summed E-state index contributed by atoms with van der Waals surface area (Å²) in [5.41, 5.74) is 7.25. The number of hydrogen-bond donors (Lipinski definition) is 2. The van der Waals surface area contributed by atoms with Gasteiger partial charge in [0.25, 0.3) is 0 Å². The minimum atomic E-state index is -0.382. The fourth-order valence-electron chi connectivity index (χ4n) is 2.61. The summed E-state index contributed by atoms with van der Waals surface area (Å²) in [6.45, 7) is 4.19. The molecule has 0 heterocycles. The Morgan fingerprint density at radius 3 is 2.50 bits per heavy atom. The van der Waals surface area contributed by atoms with Gasteiger partial charge in [-0.3, -0.25) is 4.79 Å². The highest BCUT2D eigenvalue weighted by atomic mass is 16.2. The Hall–Kier alpha value is -1.35. The Kier molecular flexibility index (Phi) is 5.18. The maximum absolute atomic E-state index is 12.2. The number of amides is 1. The van der Waals surface area contributed by atoms with E-state index in [0.29, 0.717) is 11.8 Å². The van der Waals surface area contributed by atoms with Crippen molar-refractivity contribution in [3.8, 4) is 0 Å². The lowest BCUT2D eigenvalue weighted by Gasteiger charge is -2.21. The first-order chi connectivity index (χ1) is 9.56. The Bertz CT molecular complexity index is 426. The number of nitrogens with one attached hydrogen (secondary N) is 1. The molecule has 3 heteroatoms. The first-order valence-corrected chi connectivity index (χ1v) is 7.66. The van der Waals surface area contributed by atoms with E-state index >= 15 is 0 Å². The largest absolute Gasteiger partial charge is 0.351 e. The molecule has 1 unspecified atom stereocenters. The van der Waals surface area contributed by atoms with Crippen LogP contribution in [0.4, 0.5) is 0 Å². The molecule has 1 aliphatic rings. The molecular weight excluding hydrogens is 248 g/mol. The summed E-state index contributed by atoms with van der Waals surface area (Å²) in [4.78, 5) is 12.2. The van der Waals surface area contributed by atoms with Crippen LogP contribution in [0.25, 0.3) is 0 Å². The summed E-state index contributed by atoms with van der Waals surface area (Å²) < 4.78 is 0. The number of rotatable bonds is 7. The fraction of sp³-hybridized carbons (Fsp3) is 0.588. The van der Waals surface area contributed by atoms with Crippen molar-refractivity contribution in [3.63, 3.8) is 0 Å². The van der Waals surface area contributed by atoms with Crippen LogP contribution in [0.5, 0.6) is 0 Å². The minimum Gasteiger partial charge on any atom is -0.351 e. The van der Waals surface area contributed by atoms with E-state index in [1.165, 1.54) is 18.4 Å². The average molecular weight is 274 g/mol. The number of benzene rings is 1. The van der Waals surface area contributed by atoms with Gasteiger partial charge in [-0.25, -0.2) is 0 Å². The summed E-state index contributed by atoms with van der Waals surface area (Å²) in [5.74, 6) is 1.08. The molecule has 0 spiro atoms.